The van der Waals surface area contributed by atoms with Crippen LogP contribution in [0.15, 0.2) is 46.9 Å². The molecule has 0 bridgehead atoms. The van der Waals surface area contributed by atoms with Crippen LogP contribution in [0.3, 0.4) is 0 Å². The van der Waals surface area contributed by atoms with E-state index in [-0.39, 0.29) is 24.5 Å². The van der Waals surface area contributed by atoms with Gasteiger partial charge in [-0.2, -0.15) is 0 Å². The highest BCUT2D eigenvalue weighted by molar-refractivity contribution is 9.10. The summed E-state index contributed by atoms with van der Waals surface area (Å²) >= 11 is 3.32. The molecule has 0 atom stereocenters. The van der Waals surface area contributed by atoms with Gasteiger partial charge in [0.25, 0.3) is 5.69 Å². The maximum Gasteiger partial charge on any atom is 0.271 e. The number of aliphatic hydroxyl groups is 1. The first-order valence-electron chi connectivity index (χ1n) is 9.06. The SMILES string of the molecule is CN(C)C=O.O=C(CCNc1cc([N+](=O)[O-])ccc1NCCO)c1ccc(Br)cc1. The summed E-state index contributed by atoms with van der Waals surface area (Å²) in [6, 6.07) is 11.5. The van der Waals surface area contributed by atoms with Gasteiger partial charge in [-0.3, -0.25) is 19.7 Å². The van der Waals surface area contributed by atoms with Crippen LogP contribution in [0.4, 0.5) is 17.1 Å². The molecule has 1 amide bonds. The van der Waals surface area contributed by atoms with Gasteiger partial charge in [-0.05, 0) is 18.2 Å². The lowest BCUT2D eigenvalue weighted by molar-refractivity contribution is -0.384. The van der Waals surface area contributed by atoms with E-state index in [1.165, 1.54) is 17.0 Å². The van der Waals surface area contributed by atoms with Gasteiger partial charge in [0, 0.05) is 55.8 Å². The number of nitrogens with one attached hydrogen (secondary N) is 2. The molecule has 0 saturated carbocycles. The van der Waals surface area contributed by atoms with Crippen LogP contribution in [-0.4, -0.2) is 60.9 Å². The molecule has 0 aliphatic carbocycles. The third-order valence-electron chi connectivity index (χ3n) is 3.69. The van der Waals surface area contributed by atoms with Crippen LogP contribution in [-0.2, 0) is 4.79 Å². The van der Waals surface area contributed by atoms with Gasteiger partial charge in [0.2, 0.25) is 6.41 Å². The number of rotatable bonds is 10. The van der Waals surface area contributed by atoms with Gasteiger partial charge in [-0.1, -0.05) is 28.1 Å². The number of nitro benzene ring substituents is 1. The number of hydrogen-bond donors (Lipinski definition) is 3. The molecule has 0 radical (unpaired) electrons. The van der Waals surface area contributed by atoms with Gasteiger partial charge in [-0.25, -0.2) is 0 Å². The second kappa shape index (κ2) is 13.3. The highest BCUT2D eigenvalue weighted by Crippen LogP contribution is 2.27. The fraction of sp³-hybridized carbons (Fsp3) is 0.300. The molecular weight excluding hydrogens is 456 g/mol. The normalized spacial score (nSPS) is 9.73. The number of amides is 1. The van der Waals surface area contributed by atoms with Gasteiger partial charge in [-0.15, -0.1) is 0 Å². The largest absolute Gasteiger partial charge is 0.395 e. The number of anilines is 2. The molecule has 0 unspecified atom stereocenters. The van der Waals surface area contributed by atoms with Gasteiger partial charge in [0.05, 0.1) is 22.9 Å². The van der Waals surface area contributed by atoms with Gasteiger partial charge >= 0.3 is 0 Å². The van der Waals surface area contributed by atoms with Crippen LogP contribution < -0.4 is 10.6 Å². The number of halogens is 1. The Kier molecular flexibility index (Phi) is 11.1. The average Bonchev–Trinajstić information content (AvgIpc) is 2.73. The van der Waals surface area contributed by atoms with E-state index in [9.17, 15) is 19.7 Å². The van der Waals surface area contributed by atoms with E-state index in [1.54, 1.807) is 44.4 Å². The fourth-order valence-corrected chi connectivity index (χ4v) is 2.49. The average molecular weight is 481 g/mol. The summed E-state index contributed by atoms with van der Waals surface area (Å²) in [7, 11) is 3.38. The van der Waals surface area contributed by atoms with Crippen LogP contribution in [0.25, 0.3) is 0 Å². The molecule has 162 valence electrons. The predicted octanol–water partition coefficient (Wildman–Crippen LogP) is 3.15. The number of carbonyl (C=O) groups is 2. The van der Waals surface area contributed by atoms with Gasteiger partial charge in [0.15, 0.2) is 5.78 Å². The van der Waals surface area contributed by atoms with Crippen molar-refractivity contribution < 1.29 is 19.6 Å². The highest BCUT2D eigenvalue weighted by atomic mass is 79.9. The van der Waals surface area contributed by atoms with E-state index in [1.807, 2.05) is 0 Å². The van der Waals surface area contributed by atoms with Crippen molar-refractivity contribution in [2.45, 2.75) is 6.42 Å². The summed E-state index contributed by atoms with van der Waals surface area (Å²) in [6.45, 7) is 0.604. The number of benzene rings is 2. The van der Waals surface area contributed by atoms with E-state index in [4.69, 9.17) is 5.11 Å². The third-order valence-corrected chi connectivity index (χ3v) is 4.21. The lowest BCUT2D eigenvalue weighted by atomic mass is 10.1. The minimum atomic E-state index is -0.478. The van der Waals surface area contributed by atoms with Crippen molar-refractivity contribution in [2.24, 2.45) is 0 Å². The van der Waals surface area contributed by atoms with Crippen molar-refractivity contribution in [1.82, 2.24) is 4.90 Å². The molecule has 0 fully saturated rings. The molecular formula is C20H25BrN4O5. The molecule has 2 aromatic rings. The molecule has 3 N–H and O–H groups in total. The predicted molar refractivity (Wildman–Crippen MR) is 120 cm³/mol. The van der Waals surface area contributed by atoms with Crippen LogP contribution in [0, 0.1) is 10.1 Å². The first-order chi connectivity index (χ1) is 14.3. The topological polar surface area (TPSA) is 125 Å². The van der Waals surface area contributed by atoms with E-state index >= 15 is 0 Å². The minimum Gasteiger partial charge on any atom is -0.395 e. The van der Waals surface area contributed by atoms with Crippen molar-refractivity contribution in [3.8, 4) is 0 Å². The van der Waals surface area contributed by atoms with Crippen LogP contribution in [0.5, 0.6) is 0 Å². The first kappa shape index (κ1) is 25.1. The lowest BCUT2D eigenvalue weighted by Gasteiger charge is -2.13. The molecule has 0 heterocycles. The molecule has 0 aromatic heterocycles. The standard InChI is InChI=1S/C17H18BrN3O4.C3H7NO/c18-13-3-1-12(2-4-13)17(23)7-8-19-16-11-14(21(24)25)5-6-15(16)20-9-10-22;1-4(2)3-5/h1-6,11,19-20,22H,7-10H2;3H,1-2H3. The van der Waals surface area contributed by atoms with Crippen molar-refractivity contribution in [2.75, 3.05) is 44.4 Å². The molecule has 30 heavy (non-hydrogen) atoms. The molecule has 9 nitrogen and oxygen atoms in total. The van der Waals surface area contributed by atoms with Crippen molar-refractivity contribution in [3.05, 3.63) is 62.6 Å². The number of non-ortho nitro benzene ring substituents is 1. The Hall–Kier alpha value is -2.98. The Morgan fingerprint density at radius 2 is 1.73 bits per heavy atom. The van der Waals surface area contributed by atoms with Gasteiger partial charge < -0.3 is 20.6 Å². The minimum absolute atomic E-state index is 0.0182. The number of nitro groups is 1. The van der Waals surface area contributed by atoms with Crippen LogP contribution in [0.2, 0.25) is 0 Å². The maximum atomic E-state index is 12.2. The van der Waals surface area contributed by atoms with Crippen molar-refractivity contribution in [1.29, 1.82) is 0 Å². The quantitative estimate of drug-likeness (QED) is 0.206. The summed E-state index contributed by atoms with van der Waals surface area (Å²) < 4.78 is 0.901. The molecule has 10 heteroatoms. The Labute approximate surface area is 183 Å². The molecule has 0 aliphatic rings. The Morgan fingerprint density at radius 3 is 2.27 bits per heavy atom. The highest BCUT2D eigenvalue weighted by Gasteiger charge is 2.11. The summed E-state index contributed by atoms with van der Waals surface area (Å²) in [4.78, 5) is 33.5. The Morgan fingerprint density at radius 1 is 1.13 bits per heavy atom. The van der Waals surface area contributed by atoms with E-state index < -0.39 is 4.92 Å². The van der Waals surface area contributed by atoms with Gasteiger partial charge in [0.1, 0.15) is 0 Å². The monoisotopic (exact) mass is 480 g/mol. The molecule has 2 aromatic carbocycles. The smallest absolute Gasteiger partial charge is 0.271 e. The van der Waals surface area contributed by atoms with Crippen molar-refractivity contribution >= 4 is 45.2 Å². The van der Waals surface area contributed by atoms with Crippen LogP contribution in [0.1, 0.15) is 16.8 Å². The summed E-state index contributed by atoms with van der Waals surface area (Å²) in [5.41, 5.74) is 1.72. The number of carbonyl (C=O) groups excluding carboxylic acids is 2. The molecule has 0 saturated heterocycles. The lowest BCUT2D eigenvalue weighted by Crippen LogP contribution is -2.12. The van der Waals surface area contributed by atoms with Crippen LogP contribution >= 0.6 is 15.9 Å². The Balaban J connectivity index is 0.000000804. The number of ketones is 1. The third kappa shape index (κ3) is 9.01. The molecule has 0 spiro atoms. The number of Topliss-reactive ketones (excluding diaryl/α,β-unsaturated/α-hetero) is 1. The maximum absolute atomic E-state index is 12.2. The zero-order chi connectivity index (χ0) is 22.5. The second-order valence-corrected chi connectivity index (χ2v) is 7.23. The van der Waals surface area contributed by atoms with E-state index in [0.717, 1.165) is 10.9 Å². The number of aliphatic hydroxyl groups excluding tert-OH is 1. The summed E-state index contributed by atoms with van der Waals surface area (Å²) in [5, 5.41) is 25.9. The zero-order valence-corrected chi connectivity index (χ0v) is 18.4. The molecule has 0 aliphatic heterocycles. The van der Waals surface area contributed by atoms with E-state index in [2.05, 4.69) is 26.6 Å². The fourth-order valence-electron chi connectivity index (χ4n) is 2.23. The van der Waals surface area contributed by atoms with Crippen molar-refractivity contribution in [3.63, 3.8) is 0 Å². The first-order valence-corrected chi connectivity index (χ1v) is 9.85. The summed E-state index contributed by atoms with van der Waals surface area (Å²) in [5.74, 6) is -0.0182. The second-order valence-electron chi connectivity index (χ2n) is 6.31. The number of hydrogen-bond acceptors (Lipinski definition) is 7. The molecule has 2 rings (SSSR count). The zero-order valence-electron chi connectivity index (χ0n) is 16.8. The number of nitrogens with zero attached hydrogens (tertiary/aromatic N) is 2. The summed E-state index contributed by atoms with van der Waals surface area (Å²) in [6.07, 6.45) is 1.00. The van der Waals surface area contributed by atoms with E-state index in [0.29, 0.717) is 30.0 Å². The Bertz CT molecular complexity index is 844.